The van der Waals surface area contributed by atoms with E-state index in [1.54, 1.807) is 7.11 Å². The minimum absolute atomic E-state index is 0.0419. The number of likely N-dealkylation sites (tertiary alicyclic amines) is 1. The highest BCUT2D eigenvalue weighted by Crippen LogP contribution is 2.24. The zero-order valence-electron chi connectivity index (χ0n) is 13.9. The van der Waals surface area contributed by atoms with Crippen LogP contribution in [-0.4, -0.2) is 49.6 Å². The molecule has 0 saturated carbocycles. The second-order valence-electron chi connectivity index (χ2n) is 6.02. The van der Waals surface area contributed by atoms with Crippen LogP contribution in [0.5, 0.6) is 0 Å². The first-order valence-electron chi connectivity index (χ1n) is 7.96. The average molecular weight is 340 g/mol. The highest BCUT2D eigenvalue weighted by Gasteiger charge is 2.33. The number of ether oxygens (including phenoxy) is 1. The third kappa shape index (κ3) is 4.50. The number of hydrogen-bond acceptors (Lipinski definition) is 3. The second kappa shape index (κ2) is 8.19. The lowest BCUT2D eigenvalue weighted by molar-refractivity contribution is -0.126. The van der Waals surface area contributed by atoms with Crippen molar-refractivity contribution >= 4 is 11.8 Å². The molecule has 1 heterocycles. The number of halogens is 2. The van der Waals surface area contributed by atoms with Crippen molar-refractivity contribution in [3.63, 3.8) is 0 Å². The van der Waals surface area contributed by atoms with Crippen molar-refractivity contribution in [2.75, 3.05) is 26.8 Å². The normalized spacial score (nSPS) is 20.8. The van der Waals surface area contributed by atoms with Crippen LogP contribution in [-0.2, 0) is 9.53 Å². The van der Waals surface area contributed by atoms with Crippen molar-refractivity contribution in [3.8, 4) is 0 Å². The van der Waals surface area contributed by atoms with E-state index in [0.29, 0.717) is 26.0 Å². The maximum atomic E-state index is 13.3. The highest BCUT2D eigenvalue weighted by molar-refractivity contribution is 5.95. The third-order valence-electron chi connectivity index (χ3n) is 4.23. The number of nitrogens with one attached hydrogen (secondary N) is 1. The fourth-order valence-corrected chi connectivity index (χ4v) is 2.87. The fourth-order valence-electron chi connectivity index (χ4n) is 2.87. The average Bonchev–Trinajstić information content (AvgIpc) is 2.54. The van der Waals surface area contributed by atoms with E-state index in [1.807, 2.05) is 6.92 Å². The Labute approximate surface area is 140 Å². The molecule has 0 aromatic heterocycles. The Hall–Kier alpha value is -2.02. The molecule has 0 radical (unpaired) electrons. The van der Waals surface area contributed by atoms with Gasteiger partial charge < -0.3 is 15.0 Å². The summed E-state index contributed by atoms with van der Waals surface area (Å²) in [6.45, 7) is 2.92. The van der Waals surface area contributed by atoms with Gasteiger partial charge in [0.25, 0.3) is 5.91 Å². The Bertz CT molecular complexity index is 589. The fraction of sp³-hybridized carbons (Fsp3) is 0.529. The van der Waals surface area contributed by atoms with Crippen LogP contribution in [0, 0.1) is 17.6 Å². The zero-order chi connectivity index (χ0) is 17.7. The zero-order valence-corrected chi connectivity index (χ0v) is 13.9. The minimum Gasteiger partial charge on any atom is -0.383 e. The lowest BCUT2D eigenvalue weighted by Gasteiger charge is -2.37. The van der Waals surface area contributed by atoms with E-state index in [4.69, 9.17) is 4.74 Å². The van der Waals surface area contributed by atoms with Gasteiger partial charge in [-0.15, -0.1) is 0 Å². The van der Waals surface area contributed by atoms with Gasteiger partial charge in [-0.2, -0.15) is 0 Å². The maximum absolute atomic E-state index is 13.3. The smallest absolute Gasteiger partial charge is 0.254 e. The van der Waals surface area contributed by atoms with Crippen LogP contribution in [0.15, 0.2) is 18.2 Å². The lowest BCUT2D eigenvalue weighted by Crippen LogP contribution is -2.49. The van der Waals surface area contributed by atoms with Crippen LogP contribution in [0.3, 0.4) is 0 Å². The first-order valence-corrected chi connectivity index (χ1v) is 7.96. The number of carbonyl (C=O) groups is 2. The molecule has 2 atom stereocenters. The van der Waals surface area contributed by atoms with Gasteiger partial charge >= 0.3 is 0 Å². The molecule has 1 aromatic rings. The first-order chi connectivity index (χ1) is 11.4. The monoisotopic (exact) mass is 340 g/mol. The molecular formula is C17H22F2N2O3. The van der Waals surface area contributed by atoms with Crippen molar-refractivity contribution in [1.82, 2.24) is 10.2 Å². The topological polar surface area (TPSA) is 58.6 Å². The number of hydrogen-bond donors (Lipinski definition) is 1. The second-order valence-corrected chi connectivity index (χ2v) is 6.02. The number of piperidine rings is 1. The van der Waals surface area contributed by atoms with Gasteiger partial charge in [-0.05, 0) is 31.9 Å². The van der Waals surface area contributed by atoms with E-state index in [2.05, 4.69) is 5.32 Å². The van der Waals surface area contributed by atoms with Crippen molar-refractivity contribution < 1.29 is 23.1 Å². The predicted octanol–water partition coefficient (Wildman–Crippen LogP) is 1.97. The summed E-state index contributed by atoms with van der Waals surface area (Å²) < 4.78 is 31.6. The Kier molecular flexibility index (Phi) is 6.25. The van der Waals surface area contributed by atoms with Crippen LogP contribution in [0.2, 0.25) is 0 Å². The third-order valence-corrected chi connectivity index (χ3v) is 4.23. The molecule has 0 aliphatic carbocycles. The molecule has 1 fully saturated rings. The van der Waals surface area contributed by atoms with Crippen molar-refractivity contribution in [3.05, 3.63) is 35.4 Å². The van der Waals surface area contributed by atoms with E-state index in [1.165, 1.54) is 4.90 Å². The van der Waals surface area contributed by atoms with Crippen LogP contribution >= 0.6 is 0 Å². The molecule has 2 unspecified atom stereocenters. The summed E-state index contributed by atoms with van der Waals surface area (Å²) in [6.07, 6.45) is 1.33. The molecule has 1 aliphatic heterocycles. The molecular weight excluding hydrogens is 318 g/mol. The van der Waals surface area contributed by atoms with Crippen LogP contribution in [0.4, 0.5) is 8.78 Å². The molecule has 5 nitrogen and oxygen atoms in total. The molecule has 2 amide bonds. The summed E-state index contributed by atoms with van der Waals surface area (Å²) in [5.41, 5.74) is -0.0419. The van der Waals surface area contributed by atoms with Gasteiger partial charge in [0.2, 0.25) is 5.91 Å². The minimum atomic E-state index is -0.795. The van der Waals surface area contributed by atoms with Crippen LogP contribution in [0.1, 0.15) is 30.1 Å². The SMILES string of the molecule is COCCNC(=O)C1CCC(C)N(C(=O)c2cc(F)cc(F)c2)C1. The molecule has 7 heteroatoms. The maximum Gasteiger partial charge on any atom is 0.254 e. The summed E-state index contributed by atoms with van der Waals surface area (Å²) in [6, 6.07) is 2.66. The van der Waals surface area contributed by atoms with Crippen molar-refractivity contribution in [2.45, 2.75) is 25.8 Å². The van der Waals surface area contributed by atoms with Gasteiger partial charge in [-0.3, -0.25) is 9.59 Å². The molecule has 1 aromatic carbocycles. The molecule has 1 saturated heterocycles. The van der Waals surface area contributed by atoms with Gasteiger partial charge in [0.15, 0.2) is 0 Å². The van der Waals surface area contributed by atoms with Crippen LogP contribution in [0.25, 0.3) is 0 Å². The Morgan fingerprint density at radius 3 is 2.54 bits per heavy atom. The number of benzene rings is 1. The summed E-state index contributed by atoms with van der Waals surface area (Å²) >= 11 is 0. The van der Waals surface area contributed by atoms with E-state index in [9.17, 15) is 18.4 Å². The van der Waals surface area contributed by atoms with E-state index in [0.717, 1.165) is 18.2 Å². The summed E-state index contributed by atoms with van der Waals surface area (Å²) in [5, 5.41) is 2.76. The van der Waals surface area contributed by atoms with E-state index in [-0.39, 0.29) is 30.0 Å². The summed E-state index contributed by atoms with van der Waals surface area (Å²) in [7, 11) is 1.55. The quantitative estimate of drug-likeness (QED) is 0.834. The molecule has 2 rings (SSSR count). The van der Waals surface area contributed by atoms with Crippen molar-refractivity contribution in [2.24, 2.45) is 5.92 Å². The predicted molar refractivity (Wildman–Crippen MR) is 84.5 cm³/mol. The molecule has 132 valence electrons. The molecule has 24 heavy (non-hydrogen) atoms. The van der Waals surface area contributed by atoms with Gasteiger partial charge in [0, 0.05) is 37.9 Å². The Balaban J connectivity index is 2.07. The number of amides is 2. The number of methoxy groups -OCH3 is 1. The van der Waals surface area contributed by atoms with Gasteiger partial charge in [-0.25, -0.2) is 8.78 Å². The number of carbonyl (C=O) groups excluding carboxylic acids is 2. The number of nitrogens with zero attached hydrogens (tertiary/aromatic N) is 1. The molecule has 1 aliphatic rings. The van der Waals surface area contributed by atoms with Gasteiger partial charge in [0.05, 0.1) is 12.5 Å². The first kappa shape index (κ1) is 18.3. The summed E-state index contributed by atoms with van der Waals surface area (Å²) in [4.78, 5) is 26.3. The molecule has 0 bridgehead atoms. The van der Waals surface area contributed by atoms with Gasteiger partial charge in [-0.1, -0.05) is 0 Å². The van der Waals surface area contributed by atoms with Crippen molar-refractivity contribution in [1.29, 1.82) is 0 Å². The number of rotatable bonds is 5. The highest BCUT2D eigenvalue weighted by atomic mass is 19.1. The largest absolute Gasteiger partial charge is 0.383 e. The van der Waals surface area contributed by atoms with E-state index >= 15 is 0 Å². The van der Waals surface area contributed by atoms with Gasteiger partial charge in [0.1, 0.15) is 11.6 Å². The molecule has 1 N–H and O–H groups in total. The Morgan fingerprint density at radius 2 is 1.92 bits per heavy atom. The molecule has 0 spiro atoms. The summed E-state index contributed by atoms with van der Waals surface area (Å²) in [5.74, 6) is -2.52. The van der Waals surface area contributed by atoms with E-state index < -0.39 is 17.5 Å². The lowest BCUT2D eigenvalue weighted by atomic mass is 9.92. The Morgan fingerprint density at radius 1 is 1.25 bits per heavy atom. The standard InChI is InChI=1S/C17H22F2N2O3/c1-11-3-4-12(16(22)20-5-6-24-2)10-21(11)17(23)13-7-14(18)9-15(19)8-13/h7-9,11-12H,3-6,10H2,1-2H3,(H,20,22). The van der Waals surface area contributed by atoms with Crippen LogP contribution < -0.4 is 5.32 Å².